The summed E-state index contributed by atoms with van der Waals surface area (Å²) in [4.78, 5) is 34.0. The Balaban J connectivity index is 2.07. The second-order valence-corrected chi connectivity index (χ2v) is 4.72. The van der Waals surface area contributed by atoms with Crippen molar-refractivity contribution in [3.63, 3.8) is 0 Å². The van der Waals surface area contributed by atoms with Gasteiger partial charge in [0.1, 0.15) is 0 Å². The molecule has 0 atom stereocenters. The van der Waals surface area contributed by atoms with E-state index in [1.807, 2.05) is 0 Å². The highest BCUT2D eigenvalue weighted by molar-refractivity contribution is 6.06. The zero-order valence-corrected chi connectivity index (χ0v) is 12.4. The first-order chi connectivity index (χ1) is 11.4. The molecule has 0 fully saturated rings. The first-order valence-corrected chi connectivity index (χ1v) is 6.84. The minimum absolute atomic E-state index is 0.223. The maximum absolute atomic E-state index is 12.2. The van der Waals surface area contributed by atoms with Crippen LogP contribution in [0, 0.1) is 0 Å². The van der Waals surface area contributed by atoms with E-state index in [1.165, 1.54) is 24.3 Å². The molecule has 0 saturated heterocycles. The number of aliphatic carboxylic acids is 1. The van der Waals surface area contributed by atoms with Gasteiger partial charge in [0.05, 0.1) is 0 Å². The van der Waals surface area contributed by atoms with Gasteiger partial charge in [0.25, 0.3) is 5.91 Å². The van der Waals surface area contributed by atoms with E-state index >= 15 is 0 Å². The molecule has 7 heteroatoms. The molecule has 0 radical (unpaired) electrons. The van der Waals surface area contributed by atoms with Crippen LogP contribution >= 0.6 is 0 Å². The summed E-state index contributed by atoms with van der Waals surface area (Å²) in [5.74, 6) is -2.54. The molecule has 0 heterocycles. The second kappa shape index (κ2) is 7.59. The number of carboxylic acids is 1. The van der Waals surface area contributed by atoms with Gasteiger partial charge in [-0.1, -0.05) is 18.2 Å². The van der Waals surface area contributed by atoms with Crippen molar-refractivity contribution in [1.82, 2.24) is 0 Å². The van der Waals surface area contributed by atoms with Crippen LogP contribution < -0.4 is 15.7 Å². The lowest BCUT2D eigenvalue weighted by Crippen LogP contribution is -2.13. The van der Waals surface area contributed by atoms with E-state index in [9.17, 15) is 19.5 Å². The highest BCUT2D eigenvalue weighted by Gasteiger charge is 2.07. The molecule has 0 aliphatic carbocycles. The van der Waals surface area contributed by atoms with Gasteiger partial charge in [-0.15, -0.1) is 5.75 Å². The molecule has 24 heavy (non-hydrogen) atoms. The molecule has 2 aromatic carbocycles. The fraction of sp³-hybridized carbons (Fsp3) is 0. The van der Waals surface area contributed by atoms with Crippen molar-refractivity contribution in [1.29, 1.82) is 0 Å². The quantitative estimate of drug-likeness (QED) is 0.721. The normalized spacial score (nSPS) is 10.3. The molecular weight excluding hydrogens is 312 g/mol. The summed E-state index contributed by atoms with van der Waals surface area (Å²) < 4.78 is 0. The van der Waals surface area contributed by atoms with E-state index in [0.29, 0.717) is 17.5 Å². The summed E-state index contributed by atoms with van der Waals surface area (Å²) in [5, 5.41) is 24.7. The lowest BCUT2D eigenvalue weighted by Gasteiger charge is -2.10. The van der Waals surface area contributed by atoms with Crippen molar-refractivity contribution in [2.45, 2.75) is 0 Å². The smallest absolute Gasteiger partial charge is 0.328 e. The van der Waals surface area contributed by atoms with Crippen molar-refractivity contribution in [2.75, 3.05) is 10.6 Å². The van der Waals surface area contributed by atoms with Gasteiger partial charge >= 0.3 is 5.97 Å². The van der Waals surface area contributed by atoms with Crippen LogP contribution in [0.1, 0.15) is 10.4 Å². The Bertz CT molecular complexity index is 814. The Hall–Kier alpha value is -3.61. The van der Waals surface area contributed by atoms with Crippen molar-refractivity contribution in [2.24, 2.45) is 0 Å². The Labute approximate surface area is 137 Å². The number of hydrogen-bond donors (Lipinski definition) is 3. The van der Waals surface area contributed by atoms with Crippen LogP contribution in [0.5, 0.6) is 5.75 Å². The number of amides is 2. The van der Waals surface area contributed by atoms with Crippen LogP contribution in [0.2, 0.25) is 0 Å². The van der Waals surface area contributed by atoms with Gasteiger partial charge < -0.3 is 20.8 Å². The molecular formula is C17H13N2O5-. The highest BCUT2D eigenvalue weighted by Crippen LogP contribution is 2.16. The highest BCUT2D eigenvalue weighted by atomic mass is 16.4. The SMILES string of the molecule is O=C(O)/C=C/C(=O)Nc1cccc(C(=O)Nc2cccc([O-])c2)c1. The zero-order valence-electron chi connectivity index (χ0n) is 12.4. The molecule has 0 aromatic heterocycles. The van der Waals surface area contributed by atoms with Crippen LogP contribution in [0.3, 0.4) is 0 Å². The lowest BCUT2D eigenvalue weighted by atomic mass is 10.1. The summed E-state index contributed by atoms with van der Waals surface area (Å²) in [7, 11) is 0. The lowest BCUT2D eigenvalue weighted by molar-refractivity contribution is -0.268. The molecule has 0 unspecified atom stereocenters. The number of carbonyl (C=O) groups is 3. The molecule has 3 N–H and O–H groups in total. The van der Waals surface area contributed by atoms with Crippen molar-refractivity contribution >= 4 is 29.2 Å². The summed E-state index contributed by atoms with van der Waals surface area (Å²) in [5.41, 5.74) is 0.970. The van der Waals surface area contributed by atoms with Gasteiger partial charge in [-0.05, 0) is 30.3 Å². The predicted molar refractivity (Wildman–Crippen MR) is 85.7 cm³/mol. The standard InChI is InChI=1S/C17H14N2O5/c20-14-6-2-5-13(10-14)19-17(24)11-3-1-4-12(9-11)18-15(21)7-8-16(22)23/h1-10,20H,(H,18,21)(H,19,24)(H,22,23)/p-1/b8-7+. The maximum Gasteiger partial charge on any atom is 0.328 e. The number of benzene rings is 2. The molecule has 2 aromatic rings. The van der Waals surface area contributed by atoms with Crippen LogP contribution in [0.25, 0.3) is 0 Å². The monoisotopic (exact) mass is 325 g/mol. The van der Waals surface area contributed by atoms with Crippen LogP contribution in [0.15, 0.2) is 60.7 Å². The number of nitrogens with one attached hydrogen (secondary N) is 2. The van der Waals surface area contributed by atoms with E-state index in [1.54, 1.807) is 24.3 Å². The van der Waals surface area contributed by atoms with Crippen molar-refractivity contribution < 1.29 is 24.6 Å². The van der Waals surface area contributed by atoms with Gasteiger partial charge in [-0.3, -0.25) is 9.59 Å². The Morgan fingerprint density at radius 2 is 1.58 bits per heavy atom. The number of hydrogen-bond acceptors (Lipinski definition) is 4. The van der Waals surface area contributed by atoms with Gasteiger partial charge in [0.15, 0.2) is 0 Å². The predicted octanol–water partition coefficient (Wildman–Crippen LogP) is 1.59. The Morgan fingerprint density at radius 1 is 0.917 bits per heavy atom. The topological polar surface area (TPSA) is 119 Å². The van der Waals surface area contributed by atoms with E-state index in [0.717, 1.165) is 6.08 Å². The average Bonchev–Trinajstić information content (AvgIpc) is 2.53. The third-order valence-electron chi connectivity index (χ3n) is 2.86. The van der Waals surface area contributed by atoms with E-state index < -0.39 is 17.8 Å². The number of carboxylic acid groups (broad SMARTS) is 1. The molecule has 2 amide bonds. The van der Waals surface area contributed by atoms with Crippen molar-refractivity contribution in [3.8, 4) is 5.75 Å². The number of rotatable bonds is 5. The first kappa shape index (κ1) is 16.8. The molecule has 2 rings (SSSR count). The van der Waals surface area contributed by atoms with Gasteiger partial charge in [0, 0.05) is 29.1 Å². The van der Waals surface area contributed by atoms with E-state index in [2.05, 4.69) is 10.6 Å². The van der Waals surface area contributed by atoms with E-state index in [-0.39, 0.29) is 11.3 Å². The molecule has 0 bridgehead atoms. The summed E-state index contributed by atoms with van der Waals surface area (Å²) in [6.45, 7) is 0. The number of anilines is 2. The molecule has 0 spiro atoms. The largest absolute Gasteiger partial charge is 0.872 e. The number of carbonyl (C=O) groups excluding carboxylic acids is 2. The Morgan fingerprint density at radius 3 is 2.25 bits per heavy atom. The molecule has 7 nitrogen and oxygen atoms in total. The molecule has 0 aliphatic heterocycles. The third-order valence-corrected chi connectivity index (χ3v) is 2.86. The summed E-state index contributed by atoms with van der Waals surface area (Å²) in [6.07, 6.45) is 1.58. The van der Waals surface area contributed by atoms with Crippen LogP contribution in [-0.4, -0.2) is 22.9 Å². The molecule has 122 valence electrons. The van der Waals surface area contributed by atoms with Crippen LogP contribution in [0.4, 0.5) is 11.4 Å². The third kappa shape index (κ3) is 4.99. The zero-order chi connectivity index (χ0) is 17.5. The summed E-state index contributed by atoms with van der Waals surface area (Å²) >= 11 is 0. The fourth-order valence-electron chi connectivity index (χ4n) is 1.85. The minimum atomic E-state index is -1.24. The van der Waals surface area contributed by atoms with Gasteiger partial charge in [0.2, 0.25) is 5.91 Å². The first-order valence-electron chi connectivity index (χ1n) is 6.84. The summed E-state index contributed by atoms with van der Waals surface area (Å²) in [6, 6.07) is 11.9. The maximum atomic E-state index is 12.2. The minimum Gasteiger partial charge on any atom is -0.872 e. The Kier molecular flexibility index (Phi) is 5.30. The van der Waals surface area contributed by atoms with Crippen molar-refractivity contribution in [3.05, 3.63) is 66.2 Å². The van der Waals surface area contributed by atoms with Gasteiger partial charge in [-0.25, -0.2) is 4.79 Å². The molecule has 0 saturated carbocycles. The van der Waals surface area contributed by atoms with Crippen LogP contribution in [-0.2, 0) is 9.59 Å². The van der Waals surface area contributed by atoms with Gasteiger partial charge in [-0.2, -0.15) is 0 Å². The fourth-order valence-corrected chi connectivity index (χ4v) is 1.85. The average molecular weight is 325 g/mol. The molecule has 0 aliphatic rings. The van der Waals surface area contributed by atoms with E-state index in [4.69, 9.17) is 5.11 Å². The second-order valence-electron chi connectivity index (χ2n) is 4.72.